The summed E-state index contributed by atoms with van der Waals surface area (Å²) in [4.78, 5) is 2.67. The number of likely N-dealkylation sites (tertiary alicyclic amines) is 1. The van der Waals surface area contributed by atoms with Crippen molar-refractivity contribution < 1.29 is 4.74 Å². The largest absolute Gasteiger partial charge is 0.381 e. The topological polar surface area (TPSA) is 24.5 Å². The summed E-state index contributed by atoms with van der Waals surface area (Å²) in [5.74, 6) is 0. The fourth-order valence-corrected chi connectivity index (χ4v) is 3.16. The Balaban J connectivity index is 1.84. The molecule has 0 aromatic heterocycles. The van der Waals surface area contributed by atoms with Crippen LogP contribution in [0, 0.1) is 0 Å². The summed E-state index contributed by atoms with van der Waals surface area (Å²) in [7, 11) is 3.94. The minimum absolute atomic E-state index is 0.510. The lowest BCUT2D eigenvalue weighted by Crippen LogP contribution is -2.49. The Kier molecular flexibility index (Phi) is 4.00. The number of likely N-dealkylation sites (N-methyl/N-ethyl adjacent to an activating group) is 1. The molecular weight excluding hydrogens is 188 g/mol. The van der Waals surface area contributed by atoms with E-state index in [0.29, 0.717) is 6.10 Å². The maximum absolute atomic E-state index is 5.41. The van der Waals surface area contributed by atoms with Gasteiger partial charge in [0.25, 0.3) is 0 Å². The molecule has 2 aliphatic rings. The number of nitrogens with one attached hydrogen (secondary N) is 1. The van der Waals surface area contributed by atoms with Crippen molar-refractivity contribution in [2.45, 2.75) is 50.3 Å². The van der Waals surface area contributed by atoms with Crippen LogP contribution < -0.4 is 5.32 Å². The Morgan fingerprint density at radius 2 is 1.87 bits per heavy atom. The molecule has 15 heavy (non-hydrogen) atoms. The van der Waals surface area contributed by atoms with Gasteiger partial charge in [0.1, 0.15) is 0 Å². The molecule has 1 saturated carbocycles. The van der Waals surface area contributed by atoms with Gasteiger partial charge in [-0.15, -0.1) is 0 Å². The number of ether oxygens (including phenoxy) is 1. The SMILES string of the molecule is CNC1CCCC1N1CCC(OC)CC1. The van der Waals surface area contributed by atoms with Crippen LogP contribution in [-0.4, -0.2) is 50.3 Å². The van der Waals surface area contributed by atoms with Crippen molar-refractivity contribution in [2.75, 3.05) is 27.2 Å². The van der Waals surface area contributed by atoms with Gasteiger partial charge in [-0.1, -0.05) is 6.42 Å². The van der Waals surface area contributed by atoms with E-state index in [9.17, 15) is 0 Å². The van der Waals surface area contributed by atoms with Crippen molar-refractivity contribution in [2.24, 2.45) is 0 Å². The Labute approximate surface area is 93.2 Å². The summed E-state index contributed by atoms with van der Waals surface area (Å²) < 4.78 is 5.41. The van der Waals surface area contributed by atoms with Gasteiger partial charge in [-0.2, -0.15) is 0 Å². The van der Waals surface area contributed by atoms with Gasteiger partial charge >= 0.3 is 0 Å². The quantitative estimate of drug-likeness (QED) is 0.762. The Morgan fingerprint density at radius 3 is 2.47 bits per heavy atom. The molecular formula is C12H24N2O. The van der Waals surface area contributed by atoms with E-state index >= 15 is 0 Å². The summed E-state index contributed by atoms with van der Waals surface area (Å²) in [5, 5.41) is 3.46. The summed E-state index contributed by atoms with van der Waals surface area (Å²) in [6.45, 7) is 2.45. The fraction of sp³-hybridized carbons (Fsp3) is 1.00. The van der Waals surface area contributed by atoms with Gasteiger partial charge in [0.05, 0.1) is 6.10 Å². The molecule has 1 aliphatic heterocycles. The van der Waals surface area contributed by atoms with Crippen LogP contribution in [0.15, 0.2) is 0 Å². The predicted molar refractivity (Wildman–Crippen MR) is 62.1 cm³/mol. The molecule has 2 rings (SSSR count). The predicted octanol–water partition coefficient (Wildman–Crippen LogP) is 1.24. The van der Waals surface area contributed by atoms with Crippen molar-refractivity contribution >= 4 is 0 Å². The molecule has 0 radical (unpaired) electrons. The second-order valence-corrected chi connectivity index (χ2v) is 4.86. The molecule has 2 unspecified atom stereocenters. The van der Waals surface area contributed by atoms with Crippen LogP contribution in [-0.2, 0) is 4.74 Å². The van der Waals surface area contributed by atoms with Crippen LogP contribution in [0.4, 0.5) is 0 Å². The van der Waals surface area contributed by atoms with Gasteiger partial charge < -0.3 is 10.1 Å². The summed E-state index contributed by atoms with van der Waals surface area (Å²) in [6.07, 6.45) is 7.05. The van der Waals surface area contributed by atoms with Gasteiger partial charge in [-0.3, -0.25) is 4.90 Å². The molecule has 3 heteroatoms. The average molecular weight is 212 g/mol. The first kappa shape index (κ1) is 11.4. The van der Waals surface area contributed by atoms with Crippen molar-refractivity contribution in [3.8, 4) is 0 Å². The molecule has 0 spiro atoms. The molecule has 1 saturated heterocycles. The highest BCUT2D eigenvalue weighted by atomic mass is 16.5. The summed E-state index contributed by atoms with van der Waals surface area (Å²) in [6, 6.07) is 1.51. The number of nitrogens with zero attached hydrogens (tertiary/aromatic N) is 1. The number of hydrogen-bond acceptors (Lipinski definition) is 3. The number of methoxy groups -OCH3 is 1. The summed E-state index contributed by atoms with van der Waals surface area (Å²) >= 11 is 0. The maximum atomic E-state index is 5.41. The monoisotopic (exact) mass is 212 g/mol. The first-order valence-electron chi connectivity index (χ1n) is 6.29. The average Bonchev–Trinajstić information content (AvgIpc) is 2.77. The van der Waals surface area contributed by atoms with Gasteiger partial charge in [0.2, 0.25) is 0 Å². The third-order valence-corrected chi connectivity index (χ3v) is 4.13. The molecule has 1 N–H and O–H groups in total. The van der Waals surface area contributed by atoms with Crippen LogP contribution in [0.3, 0.4) is 0 Å². The number of piperidine rings is 1. The van der Waals surface area contributed by atoms with Gasteiger partial charge in [-0.25, -0.2) is 0 Å². The smallest absolute Gasteiger partial charge is 0.0595 e. The van der Waals surface area contributed by atoms with E-state index < -0.39 is 0 Å². The molecule has 3 nitrogen and oxygen atoms in total. The zero-order valence-electron chi connectivity index (χ0n) is 10.0. The van der Waals surface area contributed by atoms with Crippen LogP contribution >= 0.6 is 0 Å². The normalized spacial score (nSPS) is 34.8. The molecule has 0 amide bonds. The van der Waals surface area contributed by atoms with E-state index in [2.05, 4.69) is 17.3 Å². The van der Waals surface area contributed by atoms with Crippen molar-refractivity contribution in [3.05, 3.63) is 0 Å². The molecule has 0 aromatic rings. The Hall–Kier alpha value is -0.120. The Bertz CT molecular complexity index is 190. The molecule has 2 atom stereocenters. The van der Waals surface area contributed by atoms with Crippen molar-refractivity contribution in [1.29, 1.82) is 0 Å². The van der Waals surface area contributed by atoms with Gasteiger partial charge in [0.15, 0.2) is 0 Å². The molecule has 1 heterocycles. The van der Waals surface area contributed by atoms with E-state index in [1.54, 1.807) is 0 Å². The van der Waals surface area contributed by atoms with Crippen LogP contribution in [0.5, 0.6) is 0 Å². The highest BCUT2D eigenvalue weighted by molar-refractivity contribution is 4.91. The van der Waals surface area contributed by atoms with E-state index in [1.165, 1.54) is 45.2 Å². The number of rotatable bonds is 3. The zero-order valence-corrected chi connectivity index (χ0v) is 10.0. The molecule has 2 fully saturated rings. The lowest BCUT2D eigenvalue weighted by atomic mass is 10.0. The summed E-state index contributed by atoms with van der Waals surface area (Å²) in [5.41, 5.74) is 0. The lowest BCUT2D eigenvalue weighted by Gasteiger charge is -2.38. The third kappa shape index (κ3) is 2.52. The maximum Gasteiger partial charge on any atom is 0.0595 e. The third-order valence-electron chi connectivity index (χ3n) is 4.13. The standard InChI is InChI=1S/C12H24N2O/c1-13-11-4-3-5-12(11)14-8-6-10(15-2)7-9-14/h10-13H,3-9H2,1-2H3. The molecule has 0 bridgehead atoms. The lowest BCUT2D eigenvalue weighted by molar-refractivity contribution is 0.0244. The number of hydrogen-bond donors (Lipinski definition) is 1. The van der Waals surface area contributed by atoms with E-state index in [1.807, 2.05) is 7.11 Å². The molecule has 88 valence electrons. The fourth-order valence-electron chi connectivity index (χ4n) is 3.16. The second kappa shape index (κ2) is 5.28. The van der Waals surface area contributed by atoms with Gasteiger partial charge in [-0.05, 0) is 32.7 Å². The van der Waals surface area contributed by atoms with Crippen molar-refractivity contribution in [1.82, 2.24) is 10.2 Å². The molecule has 0 aromatic carbocycles. The minimum Gasteiger partial charge on any atom is -0.381 e. The van der Waals surface area contributed by atoms with Crippen LogP contribution in [0.1, 0.15) is 32.1 Å². The van der Waals surface area contributed by atoms with E-state index in [0.717, 1.165) is 12.1 Å². The highest BCUT2D eigenvalue weighted by Crippen LogP contribution is 2.27. The first-order chi connectivity index (χ1) is 7.35. The van der Waals surface area contributed by atoms with Crippen LogP contribution in [0.2, 0.25) is 0 Å². The zero-order chi connectivity index (χ0) is 10.7. The van der Waals surface area contributed by atoms with E-state index in [-0.39, 0.29) is 0 Å². The first-order valence-corrected chi connectivity index (χ1v) is 6.29. The second-order valence-electron chi connectivity index (χ2n) is 4.86. The molecule has 1 aliphatic carbocycles. The minimum atomic E-state index is 0.510. The van der Waals surface area contributed by atoms with Gasteiger partial charge in [0, 0.05) is 32.3 Å². The van der Waals surface area contributed by atoms with Crippen LogP contribution in [0.25, 0.3) is 0 Å². The Morgan fingerprint density at radius 1 is 1.13 bits per heavy atom. The van der Waals surface area contributed by atoms with E-state index in [4.69, 9.17) is 4.74 Å². The van der Waals surface area contributed by atoms with Crippen molar-refractivity contribution in [3.63, 3.8) is 0 Å². The highest BCUT2D eigenvalue weighted by Gasteiger charge is 2.33.